The number of amides is 1. The Kier molecular flexibility index (Phi) is 6.14. The Labute approximate surface area is 171 Å². The molecule has 0 spiro atoms. The molecule has 1 N–H and O–H groups in total. The largest absolute Gasteiger partial charge is 0.496 e. The van der Waals surface area contributed by atoms with Gasteiger partial charge in [-0.1, -0.05) is 0 Å². The van der Waals surface area contributed by atoms with Crippen LogP contribution in [0.25, 0.3) is 17.3 Å². The number of hydrogen-bond donors (Lipinski definition) is 1. The molecule has 2 heterocycles. The lowest BCUT2D eigenvalue weighted by Crippen LogP contribution is -2.43. The molecule has 1 aliphatic heterocycles. The van der Waals surface area contributed by atoms with E-state index < -0.39 is 18.6 Å². The zero-order valence-corrected chi connectivity index (χ0v) is 16.7. The summed E-state index contributed by atoms with van der Waals surface area (Å²) in [6.07, 6.45) is 0.670. The van der Waals surface area contributed by atoms with Gasteiger partial charge < -0.3 is 19.4 Å². The molecule has 0 aliphatic carbocycles. The van der Waals surface area contributed by atoms with E-state index in [2.05, 4.69) is 15.0 Å². The van der Waals surface area contributed by atoms with Crippen LogP contribution in [0, 0.1) is 0 Å². The number of aliphatic imine (C=N–C) groups is 1. The lowest BCUT2D eigenvalue weighted by molar-refractivity contribution is -0.141. The number of carbonyl (C=O) groups is 1. The van der Waals surface area contributed by atoms with E-state index in [1.807, 2.05) is 0 Å². The number of alkyl halides is 3. The highest BCUT2D eigenvalue weighted by atomic mass is 19.4. The third kappa shape index (κ3) is 4.64. The fraction of sp³-hybridized carbons (Fsp3) is 0.350. The highest BCUT2D eigenvalue weighted by molar-refractivity contribution is 6.00. The number of ether oxygens (including phenoxy) is 2. The van der Waals surface area contributed by atoms with Crippen LogP contribution in [0.15, 0.2) is 29.1 Å². The van der Waals surface area contributed by atoms with E-state index in [-0.39, 0.29) is 17.9 Å². The van der Waals surface area contributed by atoms with Crippen LogP contribution in [0.3, 0.4) is 0 Å². The van der Waals surface area contributed by atoms with Gasteiger partial charge in [-0.05, 0) is 24.1 Å². The molecule has 0 atom stereocenters. The van der Waals surface area contributed by atoms with Crippen LogP contribution in [0.1, 0.15) is 21.7 Å². The van der Waals surface area contributed by atoms with E-state index in [4.69, 9.17) is 9.47 Å². The molecule has 3 rings (SSSR count). The number of nitrogens with one attached hydrogen (secondary N) is 1. The van der Waals surface area contributed by atoms with Gasteiger partial charge in [0.25, 0.3) is 5.91 Å². The molecule has 2 aromatic rings. The van der Waals surface area contributed by atoms with Gasteiger partial charge >= 0.3 is 6.18 Å². The Morgan fingerprint density at radius 2 is 2.13 bits per heavy atom. The summed E-state index contributed by atoms with van der Waals surface area (Å²) < 4.78 is 48.8. The molecule has 1 amide bonds. The van der Waals surface area contributed by atoms with Gasteiger partial charge in [0.1, 0.15) is 23.9 Å². The summed E-state index contributed by atoms with van der Waals surface area (Å²) in [5.41, 5.74) is 2.17. The van der Waals surface area contributed by atoms with Gasteiger partial charge in [-0.2, -0.15) is 13.2 Å². The van der Waals surface area contributed by atoms with E-state index >= 15 is 0 Å². The number of methoxy groups -OCH3 is 2. The number of halogens is 3. The maximum Gasteiger partial charge on any atom is 0.406 e. The minimum absolute atomic E-state index is 0.0114. The molecule has 1 aliphatic rings. The third-order valence-corrected chi connectivity index (χ3v) is 4.60. The molecule has 0 fully saturated rings. The summed E-state index contributed by atoms with van der Waals surface area (Å²) in [5, 5.41) is 0. The monoisotopic (exact) mass is 422 g/mol. The quantitative estimate of drug-likeness (QED) is 0.572. The van der Waals surface area contributed by atoms with Gasteiger partial charge in [-0.3, -0.25) is 9.79 Å². The number of carbonyl (C=O) groups excluding carboxylic acids is 1. The van der Waals surface area contributed by atoms with Gasteiger partial charge in [-0.25, -0.2) is 4.98 Å². The Morgan fingerprint density at radius 3 is 2.77 bits per heavy atom. The topological polar surface area (TPSA) is 79.8 Å². The molecular weight excluding hydrogens is 401 g/mol. The normalized spacial score (nSPS) is 14.9. The second-order valence-corrected chi connectivity index (χ2v) is 6.62. The van der Waals surface area contributed by atoms with E-state index in [9.17, 15) is 18.0 Å². The molecule has 0 unspecified atom stereocenters. The first-order valence-corrected chi connectivity index (χ1v) is 9.06. The van der Waals surface area contributed by atoms with Crippen molar-refractivity contribution in [2.24, 2.45) is 4.99 Å². The molecule has 0 saturated heterocycles. The number of benzene rings is 1. The van der Waals surface area contributed by atoms with Crippen molar-refractivity contribution in [3.8, 4) is 17.0 Å². The smallest absolute Gasteiger partial charge is 0.406 e. The van der Waals surface area contributed by atoms with Crippen molar-refractivity contribution in [3.63, 3.8) is 0 Å². The first-order valence-electron chi connectivity index (χ1n) is 9.06. The van der Waals surface area contributed by atoms with Crippen LogP contribution in [0.4, 0.5) is 13.2 Å². The number of H-pyrrole nitrogens is 1. The minimum Gasteiger partial charge on any atom is -0.496 e. The number of fused-ring (bicyclic) bond motifs is 1. The first kappa shape index (κ1) is 21.4. The number of nitrogens with zero attached hydrogens (tertiary/aromatic N) is 3. The number of aromatic amines is 1. The van der Waals surface area contributed by atoms with Gasteiger partial charge in [0.15, 0.2) is 0 Å². The van der Waals surface area contributed by atoms with Crippen molar-refractivity contribution in [2.45, 2.75) is 12.6 Å². The van der Waals surface area contributed by atoms with E-state index in [0.29, 0.717) is 34.8 Å². The van der Waals surface area contributed by atoms with Crippen LogP contribution in [-0.2, 0) is 11.2 Å². The zero-order valence-electron chi connectivity index (χ0n) is 16.7. The zero-order chi connectivity index (χ0) is 21.9. The molecule has 1 aromatic heterocycles. The number of imidazole rings is 1. The van der Waals surface area contributed by atoms with Crippen LogP contribution in [0.2, 0.25) is 0 Å². The lowest BCUT2D eigenvalue weighted by Gasteiger charge is -2.30. The van der Waals surface area contributed by atoms with Crippen molar-refractivity contribution in [2.75, 3.05) is 34.4 Å². The van der Waals surface area contributed by atoms with E-state index in [1.54, 1.807) is 37.7 Å². The van der Waals surface area contributed by atoms with Crippen LogP contribution >= 0.6 is 0 Å². The summed E-state index contributed by atoms with van der Waals surface area (Å²) in [6.45, 7) is -1.29. The summed E-state index contributed by atoms with van der Waals surface area (Å²) in [6, 6.07) is 3.38. The summed E-state index contributed by atoms with van der Waals surface area (Å²) >= 11 is 0. The van der Waals surface area contributed by atoms with Gasteiger partial charge in [0.05, 0.1) is 37.9 Å². The predicted octanol–water partition coefficient (Wildman–Crippen LogP) is 3.33. The van der Waals surface area contributed by atoms with Gasteiger partial charge in [-0.15, -0.1) is 0 Å². The number of rotatable bonds is 6. The van der Waals surface area contributed by atoms with E-state index in [1.165, 1.54) is 14.2 Å². The van der Waals surface area contributed by atoms with Crippen molar-refractivity contribution in [1.82, 2.24) is 14.9 Å². The van der Waals surface area contributed by atoms with Crippen LogP contribution < -0.4 is 4.74 Å². The summed E-state index contributed by atoms with van der Waals surface area (Å²) in [7, 11) is 4.52. The lowest BCUT2D eigenvalue weighted by atomic mass is 9.94. The maximum absolute atomic E-state index is 12.8. The second-order valence-electron chi connectivity index (χ2n) is 6.62. The average molecular weight is 422 g/mol. The third-order valence-electron chi connectivity index (χ3n) is 4.60. The van der Waals surface area contributed by atoms with Crippen molar-refractivity contribution >= 4 is 18.2 Å². The van der Waals surface area contributed by atoms with Crippen LogP contribution in [-0.4, -0.2) is 67.5 Å². The number of allylic oxidation sites excluding steroid dienone is 1. The maximum atomic E-state index is 12.8. The molecule has 0 saturated carbocycles. The predicted molar refractivity (Wildman–Crippen MR) is 106 cm³/mol. The fourth-order valence-electron chi connectivity index (χ4n) is 3.28. The molecular formula is C20H21F3N4O3. The SMILES string of the molecule is CN=C/C(=C\c1ncc(-c2cc3c(c(OC)c2)C(=O)N(CC(F)(F)F)CC3)[nH]1)OC. The molecule has 0 radical (unpaired) electrons. The Bertz CT molecular complexity index is 978. The second kappa shape index (κ2) is 8.60. The van der Waals surface area contributed by atoms with Crippen molar-refractivity contribution in [1.29, 1.82) is 0 Å². The molecule has 7 nitrogen and oxygen atoms in total. The molecule has 30 heavy (non-hydrogen) atoms. The van der Waals surface area contributed by atoms with Gasteiger partial charge in [0.2, 0.25) is 0 Å². The Morgan fingerprint density at radius 1 is 1.37 bits per heavy atom. The Balaban J connectivity index is 1.95. The standard InChI is InChI=1S/C20H21F3N4O3/c1-24-9-14(29-2)8-17-25-10-15(26-17)13-6-12-4-5-27(11-20(21,22)23)19(28)18(12)16(7-13)30-3/h6-10H,4-5,11H2,1-3H3,(H,25,26)/b14-8+,24-9?. The summed E-state index contributed by atoms with van der Waals surface area (Å²) in [5.74, 6) is 0.582. The highest BCUT2D eigenvalue weighted by Gasteiger charge is 2.37. The molecule has 1 aromatic carbocycles. The summed E-state index contributed by atoms with van der Waals surface area (Å²) in [4.78, 5) is 24.7. The van der Waals surface area contributed by atoms with E-state index in [0.717, 1.165) is 4.90 Å². The molecule has 0 bridgehead atoms. The fourth-order valence-corrected chi connectivity index (χ4v) is 3.28. The first-order chi connectivity index (χ1) is 14.3. The van der Waals surface area contributed by atoms with Crippen molar-refractivity contribution < 1.29 is 27.4 Å². The highest BCUT2D eigenvalue weighted by Crippen LogP contribution is 2.34. The average Bonchev–Trinajstić information content (AvgIpc) is 3.16. The number of aromatic nitrogens is 2. The van der Waals surface area contributed by atoms with Gasteiger partial charge in [0, 0.05) is 25.2 Å². The van der Waals surface area contributed by atoms with Crippen LogP contribution in [0.5, 0.6) is 5.75 Å². The minimum atomic E-state index is -4.45. The number of hydrogen-bond acceptors (Lipinski definition) is 5. The molecule has 160 valence electrons. The Hall–Kier alpha value is -3.30. The molecule has 10 heteroatoms. The van der Waals surface area contributed by atoms with Crippen molar-refractivity contribution in [3.05, 3.63) is 41.0 Å².